The van der Waals surface area contributed by atoms with Crippen molar-refractivity contribution in [3.8, 4) is 5.75 Å². The van der Waals surface area contributed by atoms with E-state index in [0.717, 1.165) is 30.3 Å². The number of nitrogens with zero attached hydrogens (tertiary/aromatic N) is 2. The molecular formula is C19H15F4N3O2. The topological polar surface area (TPSA) is 56.1 Å². The molecule has 3 aromatic rings. The first-order chi connectivity index (χ1) is 13.3. The van der Waals surface area contributed by atoms with E-state index in [1.807, 2.05) is 0 Å². The molecule has 1 aromatic heterocycles. The van der Waals surface area contributed by atoms with Crippen molar-refractivity contribution < 1.29 is 27.1 Å². The number of hydrogen-bond donors (Lipinski definition) is 1. The maximum atomic E-state index is 13.8. The largest absolute Gasteiger partial charge is 0.468 e. The standard InChI is InChI=1S/C19H15F4N3O2/c1-10-18(24-19(27)17-13(21)4-3-5-14(17)22)11(2)26(25-10)9-28-16-7-6-12(20)8-15(16)23/h3-8H,9H2,1-2H3,(H,24,27). The minimum absolute atomic E-state index is 0.173. The summed E-state index contributed by atoms with van der Waals surface area (Å²) in [7, 11) is 0. The van der Waals surface area contributed by atoms with Crippen molar-refractivity contribution in [3.05, 3.63) is 76.6 Å². The van der Waals surface area contributed by atoms with Crippen LogP contribution in [0.5, 0.6) is 5.75 Å². The fourth-order valence-corrected chi connectivity index (χ4v) is 2.62. The molecule has 9 heteroatoms. The van der Waals surface area contributed by atoms with Gasteiger partial charge in [-0.3, -0.25) is 4.79 Å². The van der Waals surface area contributed by atoms with Crippen LogP contribution in [0.25, 0.3) is 0 Å². The van der Waals surface area contributed by atoms with Gasteiger partial charge < -0.3 is 10.1 Å². The number of amides is 1. The summed E-state index contributed by atoms with van der Waals surface area (Å²) in [5, 5.41) is 6.59. The number of rotatable bonds is 5. The number of ether oxygens (including phenoxy) is 1. The van der Waals surface area contributed by atoms with E-state index in [1.165, 1.54) is 4.68 Å². The van der Waals surface area contributed by atoms with Crippen LogP contribution in [0, 0.1) is 37.1 Å². The van der Waals surface area contributed by atoms with Gasteiger partial charge in [0.05, 0.1) is 17.1 Å². The predicted octanol–water partition coefficient (Wildman–Crippen LogP) is 4.35. The molecule has 0 unspecified atom stereocenters. The summed E-state index contributed by atoms with van der Waals surface area (Å²) in [6.45, 7) is 2.95. The normalized spacial score (nSPS) is 10.8. The Kier molecular flexibility index (Phi) is 5.34. The Labute approximate surface area is 157 Å². The number of aromatic nitrogens is 2. The van der Waals surface area contributed by atoms with Crippen LogP contribution in [0.4, 0.5) is 23.2 Å². The lowest BCUT2D eigenvalue weighted by atomic mass is 10.1. The van der Waals surface area contributed by atoms with E-state index in [4.69, 9.17) is 4.74 Å². The van der Waals surface area contributed by atoms with Gasteiger partial charge >= 0.3 is 0 Å². The van der Waals surface area contributed by atoms with Gasteiger partial charge in [-0.25, -0.2) is 22.2 Å². The Morgan fingerprint density at radius 2 is 1.75 bits per heavy atom. The third-order valence-corrected chi connectivity index (χ3v) is 4.05. The molecule has 0 radical (unpaired) electrons. The molecule has 1 N–H and O–H groups in total. The molecule has 0 atom stereocenters. The Morgan fingerprint density at radius 1 is 1.07 bits per heavy atom. The second kappa shape index (κ2) is 7.71. The third kappa shape index (κ3) is 3.83. The van der Waals surface area contributed by atoms with Crippen LogP contribution in [0.15, 0.2) is 36.4 Å². The van der Waals surface area contributed by atoms with Crippen molar-refractivity contribution in [2.45, 2.75) is 20.6 Å². The highest BCUT2D eigenvalue weighted by Gasteiger charge is 2.21. The highest BCUT2D eigenvalue weighted by Crippen LogP contribution is 2.23. The van der Waals surface area contributed by atoms with Crippen LogP contribution in [0.3, 0.4) is 0 Å². The molecule has 0 fully saturated rings. The summed E-state index contributed by atoms with van der Waals surface area (Å²) in [5.74, 6) is -4.73. The molecule has 0 bridgehead atoms. The first-order valence-electron chi connectivity index (χ1n) is 8.15. The smallest absolute Gasteiger partial charge is 0.261 e. The number of hydrogen-bond acceptors (Lipinski definition) is 3. The molecular weight excluding hydrogens is 378 g/mol. The Balaban J connectivity index is 1.79. The second-order valence-corrected chi connectivity index (χ2v) is 5.94. The van der Waals surface area contributed by atoms with E-state index >= 15 is 0 Å². The zero-order valence-corrected chi connectivity index (χ0v) is 14.9. The molecule has 146 valence electrons. The number of carbonyl (C=O) groups excluding carboxylic acids is 1. The van der Waals surface area contributed by atoms with Crippen LogP contribution >= 0.6 is 0 Å². The Bertz CT molecular complexity index is 1030. The van der Waals surface area contributed by atoms with Crippen molar-refractivity contribution in [3.63, 3.8) is 0 Å². The summed E-state index contributed by atoms with van der Waals surface area (Å²) < 4.78 is 60.8. The average Bonchev–Trinajstić information content (AvgIpc) is 2.88. The Hall–Kier alpha value is -3.36. The van der Waals surface area contributed by atoms with Gasteiger partial charge in [0.25, 0.3) is 5.91 Å². The molecule has 0 aliphatic heterocycles. The van der Waals surface area contributed by atoms with Gasteiger partial charge in [0.2, 0.25) is 0 Å². The van der Waals surface area contributed by atoms with E-state index in [2.05, 4.69) is 10.4 Å². The minimum Gasteiger partial charge on any atom is -0.468 e. The SMILES string of the molecule is Cc1nn(COc2ccc(F)cc2F)c(C)c1NC(=O)c1c(F)cccc1F. The zero-order valence-electron chi connectivity index (χ0n) is 14.9. The lowest BCUT2D eigenvalue weighted by molar-refractivity contribution is 0.101. The van der Waals surface area contributed by atoms with Crippen LogP contribution in [-0.2, 0) is 6.73 Å². The van der Waals surface area contributed by atoms with Gasteiger partial charge in [-0.15, -0.1) is 0 Å². The van der Waals surface area contributed by atoms with E-state index in [-0.39, 0.29) is 18.2 Å². The first kappa shape index (κ1) is 19.4. The highest BCUT2D eigenvalue weighted by atomic mass is 19.1. The Morgan fingerprint density at radius 3 is 2.39 bits per heavy atom. The molecule has 5 nitrogen and oxygen atoms in total. The van der Waals surface area contributed by atoms with Crippen LogP contribution in [0.1, 0.15) is 21.7 Å². The summed E-state index contributed by atoms with van der Waals surface area (Å²) in [4.78, 5) is 12.3. The van der Waals surface area contributed by atoms with Crippen LogP contribution in [-0.4, -0.2) is 15.7 Å². The number of carbonyl (C=O) groups is 1. The van der Waals surface area contributed by atoms with Gasteiger partial charge in [-0.1, -0.05) is 6.07 Å². The molecule has 28 heavy (non-hydrogen) atoms. The van der Waals surface area contributed by atoms with Crippen molar-refractivity contribution in [2.24, 2.45) is 0 Å². The molecule has 1 heterocycles. The van der Waals surface area contributed by atoms with Gasteiger partial charge in [0, 0.05) is 6.07 Å². The molecule has 0 saturated carbocycles. The maximum Gasteiger partial charge on any atom is 0.261 e. The van der Waals surface area contributed by atoms with Crippen molar-refractivity contribution in [2.75, 3.05) is 5.32 Å². The quantitative estimate of drug-likeness (QED) is 0.656. The number of anilines is 1. The lowest BCUT2D eigenvalue weighted by Crippen LogP contribution is -2.17. The van der Waals surface area contributed by atoms with Gasteiger partial charge in [0.15, 0.2) is 18.3 Å². The molecule has 0 aliphatic rings. The van der Waals surface area contributed by atoms with Crippen molar-refractivity contribution in [1.82, 2.24) is 9.78 Å². The van der Waals surface area contributed by atoms with Crippen LogP contribution in [0.2, 0.25) is 0 Å². The van der Waals surface area contributed by atoms with Gasteiger partial charge in [0.1, 0.15) is 23.0 Å². The van der Waals surface area contributed by atoms with E-state index in [9.17, 15) is 22.4 Å². The third-order valence-electron chi connectivity index (χ3n) is 4.05. The monoisotopic (exact) mass is 393 g/mol. The summed E-state index contributed by atoms with van der Waals surface area (Å²) >= 11 is 0. The zero-order chi connectivity index (χ0) is 20.4. The second-order valence-electron chi connectivity index (χ2n) is 5.94. The summed E-state index contributed by atoms with van der Waals surface area (Å²) in [6, 6.07) is 5.99. The highest BCUT2D eigenvalue weighted by molar-refractivity contribution is 6.05. The molecule has 0 saturated heterocycles. The van der Waals surface area contributed by atoms with Gasteiger partial charge in [-0.05, 0) is 38.1 Å². The number of nitrogens with one attached hydrogen (secondary N) is 1. The predicted molar refractivity (Wildman–Crippen MR) is 93.0 cm³/mol. The number of aryl methyl sites for hydroxylation is 1. The molecule has 0 spiro atoms. The maximum absolute atomic E-state index is 13.8. The fourth-order valence-electron chi connectivity index (χ4n) is 2.62. The van der Waals surface area contributed by atoms with E-state index in [1.54, 1.807) is 13.8 Å². The fraction of sp³-hybridized carbons (Fsp3) is 0.158. The molecule has 2 aromatic carbocycles. The number of halogens is 4. The average molecular weight is 393 g/mol. The van der Waals surface area contributed by atoms with Crippen LogP contribution < -0.4 is 10.1 Å². The summed E-state index contributed by atoms with van der Waals surface area (Å²) in [5.41, 5.74) is 0.324. The van der Waals surface area contributed by atoms with Crippen molar-refractivity contribution >= 4 is 11.6 Å². The molecule has 0 aliphatic carbocycles. The first-order valence-corrected chi connectivity index (χ1v) is 8.15. The van der Waals surface area contributed by atoms with E-state index in [0.29, 0.717) is 17.5 Å². The van der Waals surface area contributed by atoms with Crippen molar-refractivity contribution in [1.29, 1.82) is 0 Å². The van der Waals surface area contributed by atoms with E-state index < -0.39 is 34.7 Å². The van der Waals surface area contributed by atoms with Gasteiger partial charge in [-0.2, -0.15) is 5.10 Å². The molecule has 3 rings (SSSR count). The minimum atomic E-state index is -0.990. The number of benzene rings is 2. The molecule has 1 amide bonds. The summed E-state index contributed by atoms with van der Waals surface area (Å²) in [6.07, 6.45) is 0. The lowest BCUT2D eigenvalue weighted by Gasteiger charge is -2.10.